The Bertz CT molecular complexity index is 335. The Hall–Kier alpha value is -0.570. The van der Waals surface area contributed by atoms with E-state index >= 15 is 0 Å². The molecule has 2 unspecified atom stereocenters. The summed E-state index contributed by atoms with van der Waals surface area (Å²) >= 11 is 0. The second kappa shape index (κ2) is 4.52. The molecule has 3 aliphatic rings. The van der Waals surface area contributed by atoms with Crippen LogP contribution < -0.4 is 5.73 Å². The first-order valence-electron chi connectivity index (χ1n) is 7.67. The molecule has 0 aromatic heterocycles. The van der Waals surface area contributed by atoms with Gasteiger partial charge in [0.05, 0.1) is 5.41 Å². The number of likely N-dealkylation sites (tertiary alicyclic amines) is 1. The van der Waals surface area contributed by atoms with Gasteiger partial charge in [0.1, 0.15) is 0 Å². The van der Waals surface area contributed by atoms with Gasteiger partial charge in [-0.05, 0) is 43.9 Å². The second-order valence-corrected chi connectivity index (χ2v) is 6.90. The fraction of sp³-hybridized carbons (Fsp3) is 0.933. The van der Waals surface area contributed by atoms with Crippen molar-refractivity contribution in [2.45, 2.75) is 57.9 Å². The third-order valence-electron chi connectivity index (χ3n) is 5.59. The molecule has 0 aromatic carbocycles. The summed E-state index contributed by atoms with van der Waals surface area (Å²) in [5.41, 5.74) is 5.73. The Morgan fingerprint density at radius 3 is 2.67 bits per heavy atom. The highest BCUT2D eigenvalue weighted by Crippen LogP contribution is 2.48. The molecule has 2 N–H and O–H groups in total. The molecule has 2 aliphatic carbocycles. The first kappa shape index (κ1) is 12.5. The Kier molecular flexibility index (Phi) is 3.13. The van der Waals surface area contributed by atoms with E-state index in [9.17, 15) is 4.79 Å². The zero-order chi connectivity index (χ0) is 12.8. The summed E-state index contributed by atoms with van der Waals surface area (Å²) in [5.74, 6) is 1.86. The van der Waals surface area contributed by atoms with Gasteiger partial charge in [0.25, 0.3) is 0 Å². The molecule has 3 nitrogen and oxygen atoms in total. The van der Waals surface area contributed by atoms with E-state index in [0.29, 0.717) is 24.4 Å². The van der Waals surface area contributed by atoms with Crippen LogP contribution in [0, 0.1) is 17.3 Å². The van der Waals surface area contributed by atoms with Crippen LogP contribution in [0.4, 0.5) is 0 Å². The van der Waals surface area contributed by atoms with E-state index in [4.69, 9.17) is 5.73 Å². The molecule has 1 heterocycles. The number of carbonyl (C=O) groups is 1. The summed E-state index contributed by atoms with van der Waals surface area (Å²) in [7, 11) is 0. The van der Waals surface area contributed by atoms with Gasteiger partial charge in [0, 0.05) is 19.1 Å². The molecule has 0 radical (unpaired) electrons. The number of hydrogen-bond donors (Lipinski definition) is 1. The highest BCUT2D eigenvalue weighted by molar-refractivity contribution is 5.84. The number of fused-ring (bicyclic) bond motifs is 1. The maximum atomic E-state index is 12.8. The van der Waals surface area contributed by atoms with Crippen LogP contribution in [0.5, 0.6) is 0 Å². The van der Waals surface area contributed by atoms with E-state index in [1.54, 1.807) is 0 Å². The van der Waals surface area contributed by atoms with Gasteiger partial charge in [-0.1, -0.05) is 19.8 Å². The fourth-order valence-electron chi connectivity index (χ4n) is 4.67. The number of hydrogen-bond acceptors (Lipinski definition) is 2. The van der Waals surface area contributed by atoms with Crippen LogP contribution >= 0.6 is 0 Å². The molecule has 0 bridgehead atoms. The number of nitrogens with zero attached hydrogens (tertiary/aromatic N) is 1. The summed E-state index contributed by atoms with van der Waals surface area (Å²) in [6.45, 7) is 3.77. The molecule has 2 atom stereocenters. The van der Waals surface area contributed by atoms with Crippen LogP contribution in [0.25, 0.3) is 0 Å². The first-order chi connectivity index (χ1) is 8.66. The first-order valence-corrected chi connectivity index (χ1v) is 7.67. The minimum atomic E-state index is -0.189. The summed E-state index contributed by atoms with van der Waals surface area (Å²) in [6.07, 6.45) is 8.48. The zero-order valence-electron chi connectivity index (χ0n) is 11.5. The van der Waals surface area contributed by atoms with Crippen molar-refractivity contribution in [3.63, 3.8) is 0 Å². The van der Waals surface area contributed by atoms with Gasteiger partial charge >= 0.3 is 0 Å². The van der Waals surface area contributed by atoms with E-state index in [1.807, 2.05) is 0 Å². The quantitative estimate of drug-likeness (QED) is 0.816. The van der Waals surface area contributed by atoms with Crippen molar-refractivity contribution in [1.29, 1.82) is 0 Å². The maximum Gasteiger partial charge on any atom is 0.230 e. The van der Waals surface area contributed by atoms with Gasteiger partial charge < -0.3 is 10.6 Å². The highest BCUT2D eigenvalue weighted by Gasteiger charge is 2.51. The van der Waals surface area contributed by atoms with Gasteiger partial charge in [-0.2, -0.15) is 0 Å². The number of nitrogens with two attached hydrogens (primary N) is 1. The van der Waals surface area contributed by atoms with Crippen molar-refractivity contribution >= 4 is 5.91 Å². The molecule has 2 saturated carbocycles. The molecular weight excluding hydrogens is 224 g/mol. The minimum absolute atomic E-state index is 0.189. The van der Waals surface area contributed by atoms with E-state index in [0.717, 1.165) is 25.3 Å². The fourth-order valence-corrected chi connectivity index (χ4v) is 4.67. The minimum Gasteiger partial charge on any atom is -0.339 e. The average molecular weight is 250 g/mol. The Morgan fingerprint density at radius 1 is 1.28 bits per heavy atom. The topological polar surface area (TPSA) is 46.3 Å². The van der Waals surface area contributed by atoms with Crippen LogP contribution in [0.1, 0.15) is 51.9 Å². The van der Waals surface area contributed by atoms with E-state index in [-0.39, 0.29) is 5.41 Å². The third-order valence-corrected chi connectivity index (χ3v) is 5.59. The second-order valence-electron chi connectivity index (χ2n) is 6.90. The third kappa shape index (κ3) is 1.78. The number of rotatable bonds is 2. The van der Waals surface area contributed by atoms with Crippen molar-refractivity contribution in [2.24, 2.45) is 23.0 Å². The lowest BCUT2D eigenvalue weighted by molar-refractivity contribution is -0.151. The van der Waals surface area contributed by atoms with E-state index < -0.39 is 0 Å². The maximum absolute atomic E-state index is 12.8. The molecule has 1 amide bonds. The average Bonchev–Trinajstić information content (AvgIpc) is 2.77. The van der Waals surface area contributed by atoms with Gasteiger partial charge in [-0.25, -0.2) is 0 Å². The highest BCUT2D eigenvalue weighted by atomic mass is 16.2. The Morgan fingerprint density at radius 2 is 2.00 bits per heavy atom. The van der Waals surface area contributed by atoms with Crippen LogP contribution in [0.15, 0.2) is 0 Å². The molecule has 102 valence electrons. The predicted octanol–water partition coefficient (Wildman–Crippen LogP) is 2.15. The van der Waals surface area contributed by atoms with Crippen LogP contribution in [0.3, 0.4) is 0 Å². The molecular formula is C15H26N2O. The molecule has 0 aromatic rings. The SMILES string of the molecule is CC1CC(CN)(C(=O)N2CCC3CCCCC32)C1. The summed E-state index contributed by atoms with van der Waals surface area (Å²) < 4.78 is 0. The smallest absolute Gasteiger partial charge is 0.230 e. The molecule has 18 heavy (non-hydrogen) atoms. The van der Waals surface area contributed by atoms with Crippen molar-refractivity contribution in [1.82, 2.24) is 4.90 Å². The van der Waals surface area contributed by atoms with Crippen molar-refractivity contribution in [3.8, 4) is 0 Å². The molecule has 3 rings (SSSR count). The Balaban J connectivity index is 1.72. The van der Waals surface area contributed by atoms with E-state index in [1.165, 1.54) is 32.1 Å². The predicted molar refractivity (Wildman–Crippen MR) is 72.0 cm³/mol. The summed E-state index contributed by atoms with van der Waals surface area (Å²) in [4.78, 5) is 15.0. The van der Waals surface area contributed by atoms with Crippen molar-refractivity contribution < 1.29 is 4.79 Å². The molecule has 3 fully saturated rings. The van der Waals surface area contributed by atoms with E-state index in [2.05, 4.69) is 11.8 Å². The van der Waals surface area contributed by atoms with Crippen LogP contribution in [-0.4, -0.2) is 29.9 Å². The number of carbonyl (C=O) groups excluding carboxylic acids is 1. The van der Waals surface area contributed by atoms with Crippen LogP contribution in [-0.2, 0) is 4.79 Å². The van der Waals surface area contributed by atoms with Gasteiger partial charge in [-0.3, -0.25) is 4.79 Å². The largest absolute Gasteiger partial charge is 0.339 e. The standard InChI is InChI=1S/C15H26N2O/c1-11-8-15(9-11,10-16)14(18)17-7-6-12-4-2-3-5-13(12)17/h11-13H,2-10,16H2,1H3. The monoisotopic (exact) mass is 250 g/mol. The molecule has 1 aliphatic heterocycles. The van der Waals surface area contributed by atoms with Gasteiger partial charge in [0.15, 0.2) is 0 Å². The Labute approximate surface area is 110 Å². The van der Waals surface area contributed by atoms with Crippen molar-refractivity contribution in [2.75, 3.05) is 13.1 Å². The lowest BCUT2D eigenvalue weighted by atomic mass is 9.61. The van der Waals surface area contributed by atoms with Gasteiger partial charge in [0.2, 0.25) is 5.91 Å². The zero-order valence-corrected chi connectivity index (χ0v) is 11.5. The van der Waals surface area contributed by atoms with Crippen molar-refractivity contribution in [3.05, 3.63) is 0 Å². The molecule has 0 spiro atoms. The van der Waals surface area contributed by atoms with Crippen LogP contribution in [0.2, 0.25) is 0 Å². The summed E-state index contributed by atoms with van der Waals surface area (Å²) in [6, 6.07) is 0.547. The lowest BCUT2D eigenvalue weighted by Crippen LogP contribution is -2.56. The normalized spacial score (nSPS) is 43.4. The lowest BCUT2D eigenvalue weighted by Gasteiger charge is -2.47. The number of amides is 1. The molecule has 3 heteroatoms. The van der Waals surface area contributed by atoms with Gasteiger partial charge in [-0.15, -0.1) is 0 Å². The summed E-state index contributed by atoms with van der Waals surface area (Å²) in [5, 5.41) is 0. The molecule has 1 saturated heterocycles.